The van der Waals surface area contributed by atoms with Gasteiger partial charge in [-0.25, -0.2) is 0 Å². The molecule has 1 atom stereocenters. The van der Waals surface area contributed by atoms with E-state index >= 15 is 0 Å². The number of allylic oxidation sites excluding steroid dienone is 4. The molecule has 22 heavy (non-hydrogen) atoms. The standard InChI is InChI=1S/C21H19N/c1-3-16-6-10-19-17(14-16)7-11-21-20(19)12-13-22(21)18-8-4-15(2)5-9-18/h3-4,6-15H,1,5H2,2H3. The maximum Gasteiger partial charge on any atom is 0.0534 e. The lowest BCUT2D eigenvalue weighted by molar-refractivity contribution is 0.735. The van der Waals surface area contributed by atoms with E-state index in [9.17, 15) is 0 Å². The molecule has 3 aromatic rings. The van der Waals surface area contributed by atoms with Crippen molar-refractivity contribution in [3.8, 4) is 0 Å². The predicted octanol–water partition coefficient (Wildman–Crippen LogP) is 5.87. The van der Waals surface area contributed by atoms with Crippen molar-refractivity contribution in [1.82, 2.24) is 4.57 Å². The Kier molecular flexibility index (Phi) is 3.00. The smallest absolute Gasteiger partial charge is 0.0534 e. The summed E-state index contributed by atoms with van der Waals surface area (Å²) in [6.07, 6.45) is 12.0. The monoisotopic (exact) mass is 285 g/mol. The van der Waals surface area contributed by atoms with Gasteiger partial charge in [0.05, 0.1) is 5.52 Å². The first kappa shape index (κ1) is 13.1. The zero-order chi connectivity index (χ0) is 15.1. The molecule has 0 fully saturated rings. The number of benzene rings is 2. The number of hydrogen-bond acceptors (Lipinski definition) is 0. The van der Waals surface area contributed by atoms with Crippen molar-refractivity contribution >= 4 is 33.4 Å². The molecule has 0 aliphatic heterocycles. The van der Waals surface area contributed by atoms with Gasteiger partial charge in [-0.05, 0) is 52.9 Å². The zero-order valence-electron chi connectivity index (χ0n) is 12.8. The third-order valence-electron chi connectivity index (χ3n) is 4.52. The van der Waals surface area contributed by atoms with Crippen LogP contribution < -0.4 is 0 Å². The Bertz CT molecular complexity index is 937. The van der Waals surface area contributed by atoms with Gasteiger partial charge in [0.1, 0.15) is 0 Å². The highest BCUT2D eigenvalue weighted by atomic mass is 15.0. The lowest BCUT2D eigenvalue weighted by Gasteiger charge is -2.14. The Hall–Kier alpha value is -2.54. The third-order valence-corrected chi connectivity index (χ3v) is 4.52. The normalized spacial score (nSPS) is 17.9. The summed E-state index contributed by atoms with van der Waals surface area (Å²) in [6, 6.07) is 13.2. The highest BCUT2D eigenvalue weighted by Crippen LogP contribution is 2.30. The van der Waals surface area contributed by atoms with Crippen molar-refractivity contribution in [2.75, 3.05) is 0 Å². The van der Waals surface area contributed by atoms with E-state index in [1.165, 1.54) is 27.4 Å². The second-order valence-corrected chi connectivity index (χ2v) is 6.07. The maximum absolute atomic E-state index is 3.85. The van der Waals surface area contributed by atoms with Crippen molar-refractivity contribution in [2.24, 2.45) is 5.92 Å². The summed E-state index contributed by atoms with van der Waals surface area (Å²) < 4.78 is 2.29. The van der Waals surface area contributed by atoms with E-state index in [-0.39, 0.29) is 0 Å². The van der Waals surface area contributed by atoms with Crippen molar-refractivity contribution in [1.29, 1.82) is 0 Å². The molecule has 1 unspecified atom stereocenters. The molecule has 0 saturated carbocycles. The molecular weight excluding hydrogens is 266 g/mol. The molecule has 0 amide bonds. The van der Waals surface area contributed by atoms with Crippen LogP contribution in [0.4, 0.5) is 0 Å². The summed E-state index contributed by atoms with van der Waals surface area (Å²) in [7, 11) is 0. The Labute approximate surface area is 130 Å². The van der Waals surface area contributed by atoms with Gasteiger partial charge in [-0.2, -0.15) is 0 Å². The summed E-state index contributed by atoms with van der Waals surface area (Å²) in [5.41, 5.74) is 3.71. The molecule has 2 aromatic carbocycles. The minimum absolute atomic E-state index is 0.642. The second-order valence-electron chi connectivity index (χ2n) is 6.07. The first-order valence-corrected chi connectivity index (χ1v) is 7.81. The number of fused-ring (bicyclic) bond motifs is 3. The molecule has 0 bridgehead atoms. The van der Waals surface area contributed by atoms with E-state index in [4.69, 9.17) is 0 Å². The van der Waals surface area contributed by atoms with Crippen molar-refractivity contribution in [3.63, 3.8) is 0 Å². The summed E-state index contributed by atoms with van der Waals surface area (Å²) in [5, 5.41) is 3.88. The van der Waals surface area contributed by atoms with Gasteiger partial charge >= 0.3 is 0 Å². The van der Waals surface area contributed by atoms with Crippen molar-refractivity contribution in [2.45, 2.75) is 13.3 Å². The third kappa shape index (κ3) is 2.01. The number of nitrogens with zero attached hydrogens (tertiary/aromatic N) is 1. The zero-order valence-corrected chi connectivity index (χ0v) is 12.8. The fraction of sp³-hybridized carbons (Fsp3) is 0.143. The average molecular weight is 285 g/mol. The summed E-state index contributed by atoms with van der Waals surface area (Å²) in [5.74, 6) is 0.642. The first-order chi connectivity index (χ1) is 10.8. The number of aromatic nitrogens is 1. The quantitative estimate of drug-likeness (QED) is 0.554. The molecule has 1 heteroatoms. The molecule has 0 N–H and O–H groups in total. The summed E-state index contributed by atoms with van der Waals surface area (Å²) in [4.78, 5) is 0. The van der Waals surface area contributed by atoms with E-state index in [2.05, 4.69) is 78.9 Å². The van der Waals surface area contributed by atoms with Crippen LogP contribution in [0.1, 0.15) is 18.9 Å². The van der Waals surface area contributed by atoms with Crippen LogP contribution in [0, 0.1) is 5.92 Å². The van der Waals surface area contributed by atoms with Crippen LogP contribution in [-0.4, -0.2) is 4.57 Å². The molecule has 1 aliphatic rings. The Balaban J connectivity index is 1.91. The average Bonchev–Trinajstić information content (AvgIpc) is 2.99. The molecule has 1 aliphatic carbocycles. The van der Waals surface area contributed by atoms with E-state index in [0.717, 1.165) is 12.0 Å². The maximum atomic E-state index is 3.85. The Morgan fingerprint density at radius 2 is 2.05 bits per heavy atom. The van der Waals surface area contributed by atoms with Crippen LogP contribution in [0.2, 0.25) is 0 Å². The van der Waals surface area contributed by atoms with Gasteiger partial charge < -0.3 is 4.57 Å². The Morgan fingerprint density at radius 3 is 2.82 bits per heavy atom. The van der Waals surface area contributed by atoms with Gasteiger partial charge in [-0.3, -0.25) is 0 Å². The van der Waals surface area contributed by atoms with Crippen LogP contribution in [0.3, 0.4) is 0 Å². The first-order valence-electron chi connectivity index (χ1n) is 7.81. The van der Waals surface area contributed by atoms with Crippen LogP contribution in [0.25, 0.3) is 33.4 Å². The van der Waals surface area contributed by atoms with E-state index in [1.807, 2.05) is 6.08 Å². The summed E-state index contributed by atoms with van der Waals surface area (Å²) in [6.45, 7) is 6.10. The van der Waals surface area contributed by atoms with E-state index in [1.54, 1.807) is 0 Å². The highest BCUT2D eigenvalue weighted by Gasteiger charge is 2.10. The van der Waals surface area contributed by atoms with Crippen LogP contribution >= 0.6 is 0 Å². The Morgan fingerprint density at radius 1 is 1.14 bits per heavy atom. The van der Waals surface area contributed by atoms with Crippen molar-refractivity contribution < 1.29 is 0 Å². The molecule has 1 nitrogen and oxygen atoms in total. The van der Waals surface area contributed by atoms with Crippen LogP contribution in [0.15, 0.2) is 67.4 Å². The van der Waals surface area contributed by atoms with Gasteiger partial charge in [-0.15, -0.1) is 0 Å². The molecule has 1 heterocycles. The largest absolute Gasteiger partial charge is 0.317 e. The SMILES string of the molecule is C=Cc1ccc2c(ccc3c2ccn3C2=CCC(C)C=C2)c1. The fourth-order valence-electron chi connectivity index (χ4n) is 3.22. The summed E-state index contributed by atoms with van der Waals surface area (Å²) >= 11 is 0. The van der Waals surface area contributed by atoms with Gasteiger partial charge in [0.25, 0.3) is 0 Å². The second kappa shape index (κ2) is 5.03. The van der Waals surface area contributed by atoms with Crippen molar-refractivity contribution in [3.05, 3.63) is 73.0 Å². The molecular formula is C21H19N. The topological polar surface area (TPSA) is 4.93 Å². The fourth-order valence-corrected chi connectivity index (χ4v) is 3.22. The van der Waals surface area contributed by atoms with Gasteiger partial charge in [-0.1, -0.05) is 49.9 Å². The molecule has 4 rings (SSSR count). The van der Waals surface area contributed by atoms with Gasteiger partial charge in [0.2, 0.25) is 0 Å². The number of hydrogen-bond donors (Lipinski definition) is 0. The lowest BCUT2D eigenvalue weighted by Crippen LogP contribution is -1.99. The van der Waals surface area contributed by atoms with E-state index in [0.29, 0.717) is 5.92 Å². The lowest BCUT2D eigenvalue weighted by atomic mass is 10.0. The molecule has 1 aromatic heterocycles. The number of rotatable bonds is 2. The minimum Gasteiger partial charge on any atom is -0.317 e. The molecule has 0 spiro atoms. The van der Waals surface area contributed by atoms with Gasteiger partial charge in [0.15, 0.2) is 0 Å². The minimum atomic E-state index is 0.642. The van der Waals surface area contributed by atoms with Crippen LogP contribution in [-0.2, 0) is 0 Å². The molecule has 0 radical (unpaired) electrons. The highest BCUT2D eigenvalue weighted by molar-refractivity contribution is 6.08. The van der Waals surface area contributed by atoms with Crippen LogP contribution in [0.5, 0.6) is 0 Å². The van der Waals surface area contributed by atoms with E-state index < -0.39 is 0 Å². The predicted molar refractivity (Wildman–Crippen MR) is 96.7 cm³/mol. The molecule has 108 valence electrons. The molecule has 0 saturated heterocycles. The van der Waals surface area contributed by atoms with Gasteiger partial charge in [0, 0.05) is 17.3 Å².